The summed E-state index contributed by atoms with van der Waals surface area (Å²) in [5.41, 5.74) is 0.633. The smallest absolute Gasteiger partial charge is 0.330 e. The third-order valence-corrected chi connectivity index (χ3v) is 3.14. The van der Waals surface area contributed by atoms with Gasteiger partial charge < -0.3 is 9.64 Å². The summed E-state index contributed by atoms with van der Waals surface area (Å²) in [7, 11) is 4.89. The van der Waals surface area contributed by atoms with E-state index in [1.807, 2.05) is 6.07 Å². The normalized spacial score (nSPS) is 12.5. The van der Waals surface area contributed by atoms with Crippen molar-refractivity contribution >= 4 is 23.6 Å². The van der Waals surface area contributed by atoms with Crippen molar-refractivity contribution in [3.8, 4) is 0 Å². The SMILES string of the molecule is COC(=O)C(C)N=Cc1c(N(C)C)nc2ccccn2c1=O. The Labute approximate surface area is 127 Å². The standard InChI is InChI=1S/C15H18N4O3/c1-10(15(21)22-4)16-9-11-13(18(2)3)17-12-7-5-6-8-19(12)14(11)20/h5-10H,1-4H3. The number of aliphatic imine (C=N–C) groups is 1. The molecule has 0 saturated carbocycles. The van der Waals surface area contributed by atoms with Crippen LogP contribution in [0.3, 0.4) is 0 Å². The topological polar surface area (TPSA) is 76.3 Å². The van der Waals surface area contributed by atoms with E-state index in [1.54, 1.807) is 44.2 Å². The van der Waals surface area contributed by atoms with Crippen molar-refractivity contribution in [1.82, 2.24) is 9.38 Å². The number of anilines is 1. The van der Waals surface area contributed by atoms with E-state index in [1.165, 1.54) is 17.7 Å². The summed E-state index contributed by atoms with van der Waals surface area (Å²) in [6, 6.07) is 4.64. The minimum atomic E-state index is -0.684. The Morgan fingerprint density at radius 1 is 1.45 bits per heavy atom. The molecule has 0 N–H and O–H groups in total. The van der Waals surface area contributed by atoms with Gasteiger partial charge in [0, 0.05) is 26.5 Å². The highest BCUT2D eigenvalue weighted by Gasteiger charge is 2.15. The first kappa shape index (κ1) is 15.7. The van der Waals surface area contributed by atoms with Crippen LogP contribution in [0.1, 0.15) is 12.5 Å². The Hall–Kier alpha value is -2.70. The first-order valence-corrected chi connectivity index (χ1v) is 6.75. The lowest BCUT2D eigenvalue weighted by atomic mass is 10.2. The number of esters is 1. The van der Waals surface area contributed by atoms with Crippen molar-refractivity contribution in [2.45, 2.75) is 13.0 Å². The largest absolute Gasteiger partial charge is 0.467 e. The highest BCUT2D eigenvalue weighted by atomic mass is 16.5. The lowest BCUT2D eigenvalue weighted by Crippen LogP contribution is -2.26. The van der Waals surface area contributed by atoms with Gasteiger partial charge in [-0.05, 0) is 19.1 Å². The van der Waals surface area contributed by atoms with Gasteiger partial charge in [0.2, 0.25) is 0 Å². The monoisotopic (exact) mass is 302 g/mol. The van der Waals surface area contributed by atoms with Crippen LogP contribution in [-0.2, 0) is 9.53 Å². The van der Waals surface area contributed by atoms with Crippen LogP contribution < -0.4 is 10.5 Å². The average molecular weight is 302 g/mol. The molecule has 0 aliphatic heterocycles. The van der Waals surface area contributed by atoms with Gasteiger partial charge in [0.1, 0.15) is 23.1 Å². The van der Waals surface area contributed by atoms with E-state index in [0.717, 1.165) is 0 Å². The number of nitrogens with zero attached hydrogens (tertiary/aromatic N) is 4. The number of fused-ring (bicyclic) bond motifs is 1. The van der Waals surface area contributed by atoms with Crippen molar-refractivity contribution in [2.75, 3.05) is 26.1 Å². The van der Waals surface area contributed by atoms with Crippen LogP contribution in [0.4, 0.5) is 5.82 Å². The van der Waals surface area contributed by atoms with Gasteiger partial charge in [-0.3, -0.25) is 14.2 Å². The van der Waals surface area contributed by atoms with Gasteiger partial charge >= 0.3 is 5.97 Å². The van der Waals surface area contributed by atoms with Crippen LogP contribution in [0, 0.1) is 0 Å². The van der Waals surface area contributed by atoms with Gasteiger partial charge in [-0.15, -0.1) is 0 Å². The van der Waals surface area contributed by atoms with E-state index < -0.39 is 12.0 Å². The average Bonchev–Trinajstić information content (AvgIpc) is 2.52. The third-order valence-electron chi connectivity index (χ3n) is 3.14. The molecule has 7 heteroatoms. The van der Waals surface area contributed by atoms with Gasteiger partial charge in [-0.2, -0.15) is 0 Å². The molecule has 116 valence electrons. The highest BCUT2D eigenvalue weighted by Crippen LogP contribution is 2.12. The maximum atomic E-state index is 12.6. The molecule has 22 heavy (non-hydrogen) atoms. The van der Waals surface area contributed by atoms with E-state index in [9.17, 15) is 9.59 Å². The molecular weight excluding hydrogens is 284 g/mol. The summed E-state index contributed by atoms with van der Waals surface area (Å²) in [5.74, 6) is 0.0357. The summed E-state index contributed by atoms with van der Waals surface area (Å²) in [6.07, 6.45) is 3.02. The molecular formula is C15H18N4O3. The molecule has 2 aromatic rings. The molecule has 1 atom stereocenters. The maximum Gasteiger partial charge on any atom is 0.330 e. The van der Waals surface area contributed by atoms with Crippen LogP contribution in [0.15, 0.2) is 34.2 Å². The number of rotatable bonds is 4. The number of pyridine rings is 1. The van der Waals surface area contributed by atoms with Gasteiger partial charge in [0.25, 0.3) is 5.56 Å². The van der Waals surface area contributed by atoms with E-state index in [4.69, 9.17) is 0 Å². The summed E-state index contributed by atoms with van der Waals surface area (Å²) < 4.78 is 6.06. The fourth-order valence-corrected chi connectivity index (χ4v) is 1.96. The molecule has 0 saturated heterocycles. The fraction of sp³-hybridized carbons (Fsp3) is 0.333. The lowest BCUT2D eigenvalue weighted by molar-refractivity contribution is -0.141. The Balaban J connectivity index is 2.58. The molecule has 2 aromatic heterocycles. The van der Waals surface area contributed by atoms with Crippen molar-refractivity contribution in [2.24, 2.45) is 4.99 Å². The molecule has 1 unspecified atom stereocenters. The molecule has 0 bridgehead atoms. The molecule has 0 amide bonds. The van der Waals surface area contributed by atoms with Crippen molar-refractivity contribution in [3.05, 3.63) is 40.3 Å². The number of hydrogen-bond donors (Lipinski definition) is 0. The molecule has 0 aliphatic rings. The maximum absolute atomic E-state index is 12.6. The highest BCUT2D eigenvalue weighted by molar-refractivity contribution is 5.88. The molecule has 7 nitrogen and oxygen atoms in total. The van der Waals surface area contributed by atoms with E-state index in [-0.39, 0.29) is 5.56 Å². The number of methoxy groups -OCH3 is 1. The summed E-state index contributed by atoms with van der Waals surface area (Å²) in [4.78, 5) is 34.3. The molecule has 0 aromatic carbocycles. The van der Waals surface area contributed by atoms with Gasteiger partial charge in [-0.25, -0.2) is 9.78 Å². The lowest BCUT2D eigenvalue weighted by Gasteiger charge is -2.15. The number of ether oxygens (including phenoxy) is 1. The summed E-state index contributed by atoms with van der Waals surface area (Å²) >= 11 is 0. The Kier molecular flexibility index (Phi) is 4.55. The zero-order chi connectivity index (χ0) is 16.3. The van der Waals surface area contributed by atoms with Crippen LogP contribution in [0.25, 0.3) is 5.65 Å². The zero-order valence-electron chi connectivity index (χ0n) is 13.0. The molecule has 2 rings (SSSR count). The molecule has 0 fully saturated rings. The summed E-state index contributed by atoms with van der Waals surface area (Å²) in [6.45, 7) is 1.60. The molecule has 0 spiro atoms. The van der Waals surface area contributed by atoms with Crippen LogP contribution in [-0.4, -0.2) is 48.8 Å². The van der Waals surface area contributed by atoms with Crippen LogP contribution in [0.5, 0.6) is 0 Å². The van der Waals surface area contributed by atoms with E-state index in [0.29, 0.717) is 17.0 Å². The second-order valence-electron chi connectivity index (χ2n) is 4.95. The first-order chi connectivity index (χ1) is 10.5. The number of carbonyl (C=O) groups excluding carboxylic acids is 1. The van der Waals surface area contributed by atoms with Crippen molar-refractivity contribution in [3.63, 3.8) is 0 Å². The number of hydrogen-bond acceptors (Lipinski definition) is 6. The van der Waals surface area contributed by atoms with Crippen molar-refractivity contribution < 1.29 is 9.53 Å². The van der Waals surface area contributed by atoms with Gasteiger partial charge in [-0.1, -0.05) is 6.07 Å². The fourth-order valence-electron chi connectivity index (χ4n) is 1.96. The van der Waals surface area contributed by atoms with Crippen LogP contribution >= 0.6 is 0 Å². The predicted molar refractivity (Wildman–Crippen MR) is 84.9 cm³/mol. The van der Waals surface area contributed by atoms with Crippen LogP contribution in [0.2, 0.25) is 0 Å². The van der Waals surface area contributed by atoms with Gasteiger partial charge in [0.15, 0.2) is 0 Å². The third kappa shape index (κ3) is 2.98. The Morgan fingerprint density at radius 2 is 2.18 bits per heavy atom. The predicted octanol–water partition coefficient (Wildman–Crippen LogP) is 0.741. The minimum absolute atomic E-state index is 0.241. The van der Waals surface area contributed by atoms with Gasteiger partial charge in [0.05, 0.1) is 7.11 Å². The Bertz CT molecular complexity index is 780. The summed E-state index contributed by atoms with van der Waals surface area (Å²) in [5, 5.41) is 0. The molecule has 0 aliphatic carbocycles. The van der Waals surface area contributed by atoms with E-state index in [2.05, 4.69) is 14.7 Å². The first-order valence-electron chi connectivity index (χ1n) is 6.75. The second kappa shape index (κ2) is 6.38. The molecule has 2 heterocycles. The number of aromatic nitrogens is 2. The minimum Gasteiger partial charge on any atom is -0.467 e. The number of carbonyl (C=O) groups is 1. The quantitative estimate of drug-likeness (QED) is 0.615. The zero-order valence-corrected chi connectivity index (χ0v) is 13.0. The Morgan fingerprint density at radius 3 is 2.82 bits per heavy atom. The molecule has 0 radical (unpaired) electrons. The second-order valence-corrected chi connectivity index (χ2v) is 4.95. The van der Waals surface area contributed by atoms with E-state index >= 15 is 0 Å². The van der Waals surface area contributed by atoms with Crippen molar-refractivity contribution in [1.29, 1.82) is 0 Å².